The Morgan fingerprint density at radius 2 is 2.12 bits per heavy atom. The van der Waals surface area contributed by atoms with E-state index in [0.29, 0.717) is 27.7 Å². The van der Waals surface area contributed by atoms with Gasteiger partial charge >= 0.3 is 0 Å². The monoisotopic (exact) mass is 253 g/mol. The fourth-order valence-corrected chi connectivity index (χ4v) is 3.73. The van der Waals surface area contributed by atoms with E-state index in [1.54, 1.807) is 31.4 Å². The van der Waals surface area contributed by atoms with Gasteiger partial charge in [-0.2, -0.15) is 0 Å². The number of methoxy groups -OCH3 is 1. The van der Waals surface area contributed by atoms with Crippen molar-refractivity contribution in [3.8, 4) is 5.75 Å². The summed E-state index contributed by atoms with van der Waals surface area (Å²) < 4.78 is 29.5. The van der Waals surface area contributed by atoms with E-state index in [9.17, 15) is 8.42 Å². The molecule has 92 valence electrons. The van der Waals surface area contributed by atoms with Crippen LogP contribution in [0.25, 0.3) is 6.08 Å². The van der Waals surface area contributed by atoms with Gasteiger partial charge in [0.1, 0.15) is 5.75 Å². The minimum Gasteiger partial charge on any atom is -0.497 e. The third-order valence-corrected chi connectivity index (χ3v) is 5.05. The van der Waals surface area contributed by atoms with E-state index >= 15 is 0 Å². The number of fused-ring (bicyclic) bond motifs is 1. The number of benzene rings is 1. The van der Waals surface area contributed by atoms with Gasteiger partial charge in [0.25, 0.3) is 0 Å². The predicted octanol–water partition coefficient (Wildman–Crippen LogP) is 1.42. The Morgan fingerprint density at radius 3 is 2.71 bits per heavy atom. The molecule has 17 heavy (non-hydrogen) atoms. The second-order valence-electron chi connectivity index (χ2n) is 4.09. The molecule has 0 fully saturated rings. The number of rotatable bonds is 3. The van der Waals surface area contributed by atoms with Crippen molar-refractivity contribution in [2.75, 3.05) is 13.7 Å². The summed E-state index contributed by atoms with van der Waals surface area (Å²) >= 11 is 0. The van der Waals surface area contributed by atoms with Gasteiger partial charge in [-0.25, -0.2) is 8.42 Å². The highest BCUT2D eigenvalue weighted by Gasteiger charge is 2.32. The average molecular weight is 253 g/mol. The van der Waals surface area contributed by atoms with Crippen LogP contribution in [0.1, 0.15) is 12.5 Å². The van der Waals surface area contributed by atoms with Gasteiger partial charge in [-0.1, -0.05) is 6.92 Å². The molecule has 0 amide bonds. The van der Waals surface area contributed by atoms with Crippen molar-refractivity contribution in [2.24, 2.45) is 11.7 Å². The molecule has 1 aliphatic rings. The van der Waals surface area contributed by atoms with Gasteiger partial charge in [0.2, 0.25) is 9.84 Å². The molecule has 0 spiro atoms. The van der Waals surface area contributed by atoms with Gasteiger partial charge in [-0.3, -0.25) is 0 Å². The Kier molecular flexibility index (Phi) is 2.97. The summed E-state index contributed by atoms with van der Waals surface area (Å²) in [4.78, 5) is 0.733. The molecular formula is C12H15NO3S. The van der Waals surface area contributed by atoms with Crippen LogP contribution in [0, 0.1) is 5.92 Å². The minimum atomic E-state index is -3.36. The summed E-state index contributed by atoms with van der Waals surface area (Å²) in [7, 11) is -1.80. The van der Waals surface area contributed by atoms with Crippen molar-refractivity contribution in [1.29, 1.82) is 0 Å². The van der Waals surface area contributed by atoms with Crippen molar-refractivity contribution in [2.45, 2.75) is 11.8 Å². The Hall–Kier alpha value is -1.33. The van der Waals surface area contributed by atoms with Gasteiger partial charge in [0.15, 0.2) is 0 Å². The highest BCUT2D eigenvalue weighted by Crippen LogP contribution is 2.37. The Balaban J connectivity index is 2.57. The molecule has 0 radical (unpaired) electrons. The van der Waals surface area contributed by atoms with Crippen molar-refractivity contribution in [3.05, 3.63) is 28.7 Å². The second-order valence-corrected chi connectivity index (χ2v) is 6.01. The maximum absolute atomic E-state index is 12.2. The smallest absolute Gasteiger partial charge is 0.203 e. The quantitative estimate of drug-likeness (QED) is 0.884. The lowest BCUT2D eigenvalue weighted by Crippen LogP contribution is -2.17. The van der Waals surface area contributed by atoms with Gasteiger partial charge in [-0.05, 0) is 36.4 Å². The fraction of sp³-hybridized carbons (Fsp3) is 0.333. The van der Waals surface area contributed by atoms with E-state index in [2.05, 4.69) is 0 Å². The Bertz CT molecular complexity index is 575. The number of nitrogens with two attached hydrogens (primary N) is 1. The van der Waals surface area contributed by atoms with Gasteiger partial charge in [0.05, 0.1) is 16.9 Å². The highest BCUT2D eigenvalue weighted by atomic mass is 32.2. The van der Waals surface area contributed by atoms with E-state index in [1.807, 2.05) is 6.92 Å². The molecule has 1 unspecified atom stereocenters. The molecule has 5 heteroatoms. The van der Waals surface area contributed by atoms with E-state index < -0.39 is 9.84 Å². The lowest BCUT2D eigenvalue weighted by Gasteiger charge is -2.09. The van der Waals surface area contributed by atoms with E-state index in [0.717, 1.165) is 0 Å². The van der Waals surface area contributed by atoms with Crippen molar-refractivity contribution < 1.29 is 13.2 Å². The predicted molar refractivity (Wildman–Crippen MR) is 66.4 cm³/mol. The molecule has 0 bridgehead atoms. The first-order valence-electron chi connectivity index (χ1n) is 5.35. The summed E-state index contributed by atoms with van der Waals surface area (Å²) in [5, 5.41) is 0. The summed E-state index contributed by atoms with van der Waals surface area (Å²) in [5.41, 5.74) is 6.21. The van der Waals surface area contributed by atoms with Crippen LogP contribution >= 0.6 is 0 Å². The molecule has 4 nitrogen and oxygen atoms in total. The Morgan fingerprint density at radius 1 is 1.41 bits per heavy atom. The molecule has 0 aromatic heterocycles. The number of sulfone groups is 1. The maximum atomic E-state index is 12.2. The summed E-state index contributed by atoms with van der Waals surface area (Å²) in [6, 6.07) is 4.96. The van der Waals surface area contributed by atoms with E-state index in [-0.39, 0.29) is 5.92 Å². The molecule has 2 rings (SSSR count). The standard InChI is InChI=1S/C12H15NO3S/c1-8(7-13)12-6-9-5-10(16-2)3-4-11(9)17(12,14)15/h3-6,8H,7,13H2,1-2H3. The summed E-state index contributed by atoms with van der Waals surface area (Å²) in [6.07, 6.45) is 1.69. The summed E-state index contributed by atoms with van der Waals surface area (Å²) in [6.45, 7) is 2.13. The Labute approximate surface area is 101 Å². The first-order chi connectivity index (χ1) is 8.00. The van der Waals surface area contributed by atoms with Crippen LogP contribution in [0.15, 0.2) is 28.0 Å². The van der Waals surface area contributed by atoms with E-state index in [4.69, 9.17) is 10.5 Å². The van der Waals surface area contributed by atoms with Crippen LogP contribution in [-0.4, -0.2) is 22.1 Å². The SMILES string of the molecule is COc1ccc2c(c1)C=C(C(C)CN)S2(=O)=O. The molecule has 0 saturated heterocycles. The third kappa shape index (κ3) is 1.85. The molecular weight excluding hydrogens is 238 g/mol. The van der Waals surface area contributed by atoms with Gasteiger partial charge in [0, 0.05) is 5.92 Å². The first-order valence-corrected chi connectivity index (χ1v) is 6.84. The highest BCUT2D eigenvalue weighted by molar-refractivity contribution is 7.95. The second kappa shape index (κ2) is 4.16. The van der Waals surface area contributed by atoms with Crippen LogP contribution in [-0.2, 0) is 9.84 Å². The van der Waals surface area contributed by atoms with Crippen molar-refractivity contribution in [1.82, 2.24) is 0 Å². The molecule has 1 heterocycles. The van der Waals surface area contributed by atoms with Crippen molar-refractivity contribution in [3.63, 3.8) is 0 Å². The number of hydrogen-bond acceptors (Lipinski definition) is 4. The fourth-order valence-electron chi connectivity index (χ4n) is 1.89. The topological polar surface area (TPSA) is 69.4 Å². The van der Waals surface area contributed by atoms with Crippen molar-refractivity contribution >= 4 is 15.9 Å². The molecule has 1 atom stereocenters. The van der Waals surface area contributed by atoms with E-state index in [1.165, 1.54) is 0 Å². The molecule has 2 N–H and O–H groups in total. The van der Waals surface area contributed by atoms with Crippen LogP contribution in [0.5, 0.6) is 5.75 Å². The van der Waals surface area contributed by atoms with Gasteiger partial charge < -0.3 is 10.5 Å². The third-order valence-electron chi connectivity index (χ3n) is 2.95. The zero-order chi connectivity index (χ0) is 12.6. The van der Waals surface area contributed by atoms with Crippen LogP contribution in [0.2, 0.25) is 0 Å². The zero-order valence-electron chi connectivity index (χ0n) is 9.80. The molecule has 0 aliphatic carbocycles. The summed E-state index contributed by atoms with van der Waals surface area (Å²) in [5.74, 6) is 0.482. The largest absolute Gasteiger partial charge is 0.497 e. The number of hydrogen-bond donors (Lipinski definition) is 1. The minimum absolute atomic E-state index is 0.168. The van der Waals surface area contributed by atoms with Gasteiger partial charge in [-0.15, -0.1) is 0 Å². The molecule has 1 aliphatic heterocycles. The zero-order valence-corrected chi connectivity index (χ0v) is 10.6. The number of ether oxygens (including phenoxy) is 1. The lowest BCUT2D eigenvalue weighted by atomic mass is 10.1. The molecule has 1 aromatic carbocycles. The maximum Gasteiger partial charge on any atom is 0.203 e. The molecule has 1 aromatic rings. The van der Waals surface area contributed by atoms with Crippen LogP contribution in [0.4, 0.5) is 0 Å². The first kappa shape index (κ1) is 12.1. The van der Waals surface area contributed by atoms with Crippen LogP contribution in [0.3, 0.4) is 0 Å². The normalized spacial score (nSPS) is 18.4. The van der Waals surface area contributed by atoms with Crippen LogP contribution < -0.4 is 10.5 Å². The molecule has 0 saturated carbocycles. The average Bonchev–Trinajstić information content (AvgIpc) is 2.59. The lowest BCUT2D eigenvalue weighted by molar-refractivity contribution is 0.414.